The maximum atomic E-state index is 2.43. The van der Waals surface area contributed by atoms with Crippen LogP contribution in [0, 0.1) is 21.4 Å². The molecule has 0 aliphatic rings. The molecule has 2 aromatic carbocycles. The Bertz CT molecular complexity index is 539. The third kappa shape index (κ3) is 5.07. The fraction of sp³-hybridized carbons (Fsp3) is 0. The molecule has 0 atom stereocenters. The molecular weight excluding hydrogens is 938 g/mol. The molecule has 0 radical (unpaired) electrons. The summed E-state index contributed by atoms with van der Waals surface area (Å²) >= 11 is 16.3. The van der Waals surface area contributed by atoms with Crippen LogP contribution in [-0.2, 0) is 0 Å². The average Bonchev–Trinajstić information content (AvgIpc) is 2.25. The van der Waals surface area contributed by atoms with Gasteiger partial charge in [0.15, 0.2) is 0 Å². The maximum Gasteiger partial charge on any atom is 0.0391 e. The Hall–Kier alpha value is 3.17. The van der Waals surface area contributed by atoms with Gasteiger partial charge in [0, 0.05) is 31.2 Å². The van der Waals surface area contributed by atoms with Crippen molar-refractivity contribution >= 4 is 147 Å². The lowest BCUT2D eigenvalue weighted by Gasteiger charge is -2.11. The molecular formula is C12H4I6S. The molecule has 0 saturated carbocycles. The Balaban J connectivity index is 2.48. The lowest BCUT2D eigenvalue weighted by Crippen LogP contribution is -1.91. The quantitative estimate of drug-likeness (QED) is 0.282. The molecule has 19 heavy (non-hydrogen) atoms. The van der Waals surface area contributed by atoms with E-state index in [0.717, 1.165) is 0 Å². The smallest absolute Gasteiger partial charge is 0.0391 e. The second kappa shape index (κ2) is 8.32. The molecule has 0 N–H and O–H groups in total. The van der Waals surface area contributed by atoms with Crippen LogP contribution in [0.5, 0.6) is 0 Å². The van der Waals surface area contributed by atoms with E-state index in [9.17, 15) is 0 Å². The number of benzene rings is 2. The monoisotopic (exact) mass is 941 g/mol. The average molecular weight is 942 g/mol. The van der Waals surface area contributed by atoms with Crippen LogP contribution < -0.4 is 0 Å². The molecule has 0 saturated heterocycles. The first-order valence-electron chi connectivity index (χ1n) is 4.85. The summed E-state index contributed by atoms with van der Waals surface area (Å²) in [5, 5.41) is 0. The third-order valence-corrected chi connectivity index (χ3v) is 9.53. The highest BCUT2D eigenvalue weighted by Crippen LogP contribution is 2.40. The van der Waals surface area contributed by atoms with Gasteiger partial charge in [-0.2, -0.15) is 0 Å². The van der Waals surface area contributed by atoms with E-state index in [0.29, 0.717) is 0 Å². The van der Waals surface area contributed by atoms with Crippen molar-refractivity contribution in [1.29, 1.82) is 0 Å². The lowest BCUT2D eigenvalue weighted by molar-refractivity contribution is 1.28. The molecule has 7 heteroatoms. The van der Waals surface area contributed by atoms with E-state index >= 15 is 0 Å². The van der Waals surface area contributed by atoms with Gasteiger partial charge >= 0.3 is 0 Å². The number of rotatable bonds is 2. The fourth-order valence-electron chi connectivity index (χ4n) is 1.35. The summed E-state index contributed by atoms with van der Waals surface area (Å²) in [6.07, 6.45) is 0. The summed E-state index contributed by atoms with van der Waals surface area (Å²) in [6.45, 7) is 0. The van der Waals surface area contributed by atoms with Gasteiger partial charge in [-0.25, -0.2) is 0 Å². The highest BCUT2D eigenvalue weighted by atomic mass is 127. The zero-order valence-electron chi connectivity index (χ0n) is 8.99. The van der Waals surface area contributed by atoms with Crippen molar-refractivity contribution in [1.82, 2.24) is 0 Å². The Labute approximate surface area is 198 Å². The summed E-state index contributed by atoms with van der Waals surface area (Å²) in [7, 11) is 0. The predicted octanol–water partition coefficient (Wildman–Crippen LogP) is 7.47. The Morgan fingerprint density at radius 1 is 0.526 bits per heavy atom. The van der Waals surface area contributed by atoms with Gasteiger partial charge < -0.3 is 0 Å². The van der Waals surface area contributed by atoms with Crippen molar-refractivity contribution in [2.45, 2.75) is 9.79 Å². The fourth-order valence-corrected chi connectivity index (χ4v) is 10.7. The third-order valence-electron chi connectivity index (χ3n) is 2.13. The van der Waals surface area contributed by atoms with Crippen molar-refractivity contribution in [3.63, 3.8) is 0 Å². The summed E-state index contributed by atoms with van der Waals surface area (Å²) in [5.74, 6) is 0. The molecule has 100 valence electrons. The minimum Gasteiger partial charge on any atom is -0.0856 e. The Morgan fingerprint density at radius 3 is 1.05 bits per heavy atom. The lowest BCUT2D eigenvalue weighted by atomic mass is 10.4. The van der Waals surface area contributed by atoms with Gasteiger partial charge in [-0.15, -0.1) is 0 Å². The molecule has 2 rings (SSSR count). The van der Waals surface area contributed by atoms with E-state index in [2.05, 4.69) is 160 Å². The van der Waals surface area contributed by atoms with E-state index in [-0.39, 0.29) is 0 Å². The van der Waals surface area contributed by atoms with Crippen LogP contribution in [0.1, 0.15) is 0 Å². The minimum atomic E-state index is 1.29. The Kier molecular flexibility index (Phi) is 8.11. The second-order valence-electron chi connectivity index (χ2n) is 3.50. The van der Waals surface area contributed by atoms with Crippen LogP contribution >= 0.6 is 147 Å². The van der Waals surface area contributed by atoms with Crippen molar-refractivity contribution in [3.8, 4) is 0 Å². The summed E-state index contributed by atoms with van der Waals surface area (Å²) in [6, 6.07) is 8.94. The zero-order chi connectivity index (χ0) is 14.2. The van der Waals surface area contributed by atoms with Crippen LogP contribution in [0.25, 0.3) is 0 Å². The topological polar surface area (TPSA) is 0 Å². The van der Waals surface area contributed by atoms with E-state index in [4.69, 9.17) is 0 Å². The first kappa shape index (κ1) is 18.5. The largest absolute Gasteiger partial charge is 0.0856 e. The van der Waals surface area contributed by atoms with Crippen molar-refractivity contribution < 1.29 is 0 Å². The molecule has 0 unspecified atom stereocenters. The van der Waals surface area contributed by atoms with Crippen LogP contribution in [0.2, 0.25) is 0 Å². The van der Waals surface area contributed by atoms with E-state index < -0.39 is 0 Å². The van der Waals surface area contributed by atoms with Gasteiger partial charge in [-0.05, 0) is 160 Å². The van der Waals surface area contributed by atoms with E-state index in [1.807, 2.05) is 11.8 Å². The van der Waals surface area contributed by atoms with Crippen LogP contribution in [-0.4, -0.2) is 0 Å². The first-order chi connectivity index (χ1) is 8.88. The highest BCUT2D eigenvalue weighted by Gasteiger charge is 2.13. The molecule has 0 heterocycles. The van der Waals surface area contributed by atoms with Gasteiger partial charge in [0.1, 0.15) is 0 Å². The molecule has 2 aromatic rings. The second-order valence-corrected chi connectivity index (χ2v) is 11.7. The van der Waals surface area contributed by atoms with Crippen molar-refractivity contribution in [2.24, 2.45) is 0 Å². The molecule has 0 aliphatic carbocycles. The molecule has 0 bridgehead atoms. The van der Waals surface area contributed by atoms with Gasteiger partial charge in [0.05, 0.1) is 0 Å². The molecule has 0 fully saturated rings. The Morgan fingerprint density at radius 2 is 0.789 bits per heavy atom. The van der Waals surface area contributed by atoms with E-state index in [1.54, 1.807) is 0 Å². The molecule has 0 aromatic heterocycles. The summed E-state index contributed by atoms with van der Waals surface area (Å²) in [5.41, 5.74) is 0. The SMILES string of the molecule is Ic1cc(I)c(Sc2c(I)cc(I)cc2I)c(I)c1. The number of hydrogen-bond donors (Lipinski definition) is 0. The predicted molar refractivity (Wildman–Crippen MR) is 133 cm³/mol. The normalized spacial score (nSPS) is 10.8. The number of hydrogen-bond acceptors (Lipinski definition) is 1. The zero-order valence-corrected chi connectivity index (χ0v) is 22.7. The minimum absolute atomic E-state index is 1.29. The van der Waals surface area contributed by atoms with Gasteiger partial charge in [0.25, 0.3) is 0 Å². The molecule has 0 aliphatic heterocycles. The maximum absolute atomic E-state index is 2.43. The van der Waals surface area contributed by atoms with Crippen LogP contribution in [0.3, 0.4) is 0 Å². The highest BCUT2D eigenvalue weighted by molar-refractivity contribution is 14.1. The van der Waals surface area contributed by atoms with Crippen molar-refractivity contribution in [2.75, 3.05) is 0 Å². The molecule has 0 nitrogen and oxygen atoms in total. The van der Waals surface area contributed by atoms with Gasteiger partial charge in [-0.3, -0.25) is 0 Å². The van der Waals surface area contributed by atoms with Gasteiger partial charge in [0.2, 0.25) is 0 Å². The summed E-state index contributed by atoms with van der Waals surface area (Å²) < 4.78 is 7.88. The van der Waals surface area contributed by atoms with Gasteiger partial charge in [-0.1, -0.05) is 11.8 Å². The van der Waals surface area contributed by atoms with Crippen molar-refractivity contribution in [3.05, 3.63) is 45.7 Å². The van der Waals surface area contributed by atoms with Crippen LogP contribution in [0.15, 0.2) is 34.1 Å². The standard InChI is InChI=1S/C12H4I6S/c13-5-1-7(15)11(8(16)2-5)19-12-9(17)3-6(14)4-10(12)18/h1-4H. The molecule has 0 spiro atoms. The number of halogens is 6. The molecule has 0 amide bonds. The summed E-state index contributed by atoms with van der Waals surface area (Å²) in [4.78, 5) is 2.72. The van der Waals surface area contributed by atoms with Crippen LogP contribution in [0.4, 0.5) is 0 Å². The van der Waals surface area contributed by atoms with E-state index in [1.165, 1.54) is 31.2 Å². The first-order valence-corrected chi connectivity index (χ1v) is 12.1.